The van der Waals surface area contributed by atoms with Crippen LogP contribution >= 0.6 is 0 Å². The summed E-state index contributed by atoms with van der Waals surface area (Å²) in [4.78, 5) is 18.9. The van der Waals surface area contributed by atoms with Crippen molar-refractivity contribution in [2.75, 3.05) is 13.1 Å². The average Bonchev–Trinajstić information content (AvgIpc) is 3.55. The Labute approximate surface area is 201 Å². The van der Waals surface area contributed by atoms with Gasteiger partial charge in [-0.1, -0.05) is 54.6 Å². The molecule has 1 N–H and O–H groups in total. The van der Waals surface area contributed by atoms with E-state index in [9.17, 15) is 13.2 Å². The van der Waals surface area contributed by atoms with Gasteiger partial charge in [0.25, 0.3) is 0 Å². The van der Waals surface area contributed by atoms with E-state index >= 15 is 0 Å². The van der Waals surface area contributed by atoms with Crippen LogP contribution in [0, 0.1) is 12.8 Å². The molecule has 1 saturated carbocycles. The van der Waals surface area contributed by atoms with Gasteiger partial charge in [-0.2, -0.15) is 0 Å². The van der Waals surface area contributed by atoms with Crippen LogP contribution in [0.25, 0.3) is 0 Å². The van der Waals surface area contributed by atoms with E-state index < -0.39 is 9.84 Å². The SMILES string of the molecule is CCNC(=O)N(Cc1cnc(S(=O)(=O)Cc2ccccc2C)n1Cc1ccccc1)CC1CC1. The highest BCUT2D eigenvalue weighted by Crippen LogP contribution is 2.30. The minimum atomic E-state index is -3.71. The second-order valence-corrected chi connectivity index (χ2v) is 10.8. The molecule has 2 amide bonds. The van der Waals surface area contributed by atoms with Crippen LogP contribution in [0.1, 0.15) is 42.1 Å². The van der Waals surface area contributed by atoms with Gasteiger partial charge in [-0.25, -0.2) is 18.2 Å². The molecule has 0 bridgehead atoms. The smallest absolute Gasteiger partial charge is 0.317 e. The maximum absolute atomic E-state index is 13.5. The molecule has 1 fully saturated rings. The molecule has 1 aliphatic carbocycles. The molecule has 3 aromatic rings. The average molecular weight is 481 g/mol. The van der Waals surface area contributed by atoms with Crippen LogP contribution in [0.3, 0.4) is 0 Å². The fourth-order valence-corrected chi connectivity index (χ4v) is 5.63. The van der Waals surface area contributed by atoms with Crippen LogP contribution in [-0.2, 0) is 28.7 Å². The number of nitrogens with zero attached hydrogens (tertiary/aromatic N) is 3. The van der Waals surface area contributed by atoms with Crippen LogP contribution in [-0.4, -0.2) is 42.0 Å². The first-order valence-corrected chi connectivity index (χ1v) is 13.4. The number of aromatic nitrogens is 2. The standard InChI is InChI=1S/C26H32N4O3S/c1-3-27-25(31)29(16-22-13-14-22)18-24-15-28-26(30(24)17-21-10-5-4-6-11-21)34(32,33)19-23-12-8-7-9-20(23)2/h4-12,15,22H,3,13-14,16-19H2,1-2H3,(H,27,31). The fourth-order valence-electron chi connectivity index (χ4n) is 4.03. The highest BCUT2D eigenvalue weighted by atomic mass is 32.2. The molecule has 180 valence electrons. The van der Waals surface area contributed by atoms with E-state index in [1.165, 1.54) is 0 Å². The zero-order valence-electron chi connectivity index (χ0n) is 19.8. The zero-order chi connectivity index (χ0) is 24.1. The summed E-state index contributed by atoms with van der Waals surface area (Å²) in [7, 11) is -3.71. The number of amides is 2. The van der Waals surface area contributed by atoms with Gasteiger partial charge in [-0.05, 0) is 49.3 Å². The van der Waals surface area contributed by atoms with Crippen molar-refractivity contribution in [2.45, 2.75) is 50.7 Å². The van der Waals surface area contributed by atoms with Crippen molar-refractivity contribution in [3.05, 3.63) is 83.2 Å². The van der Waals surface area contributed by atoms with Gasteiger partial charge in [0.2, 0.25) is 15.0 Å². The van der Waals surface area contributed by atoms with Crippen molar-refractivity contribution in [1.29, 1.82) is 0 Å². The van der Waals surface area contributed by atoms with Crippen molar-refractivity contribution in [3.63, 3.8) is 0 Å². The lowest BCUT2D eigenvalue weighted by molar-refractivity contribution is 0.191. The molecular formula is C26H32N4O3S. The summed E-state index contributed by atoms with van der Waals surface area (Å²) in [5.41, 5.74) is 3.37. The third kappa shape index (κ3) is 5.86. The van der Waals surface area contributed by atoms with Gasteiger partial charge in [-0.3, -0.25) is 0 Å². The van der Waals surface area contributed by atoms with Crippen molar-refractivity contribution < 1.29 is 13.2 Å². The number of benzene rings is 2. The van der Waals surface area contributed by atoms with Crippen LogP contribution in [0.2, 0.25) is 0 Å². The highest BCUT2D eigenvalue weighted by Gasteiger charge is 2.29. The summed E-state index contributed by atoms with van der Waals surface area (Å²) in [6.07, 6.45) is 3.84. The van der Waals surface area contributed by atoms with E-state index in [2.05, 4.69) is 10.3 Å². The van der Waals surface area contributed by atoms with Gasteiger partial charge in [0.15, 0.2) is 0 Å². The monoisotopic (exact) mass is 480 g/mol. The predicted octanol–water partition coefficient (Wildman–Crippen LogP) is 4.16. The molecule has 0 saturated heterocycles. The van der Waals surface area contributed by atoms with Crippen molar-refractivity contribution >= 4 is 15.9 Å². The van der Waals surface area contributed by atoms with E-state index in [-0.39, 0.29) is 16.9 Å². The fraction of sp³-hybridized carbons (Fsp3) is 0.385. The lowest BCUT2D eigenvalue weighted by Crippen LogP contribution is -2.41. The Morgan fingerprint density at radius 3 is 2.50 bits per heavy atom. The van der Waals surface area contributed by atoms with Crippen LogP contribution in [0.4, 0.5) is 4.79 Å². The number of rotatable bonds is 10. The topological polar surface area (TPSA) is 84.3 Å². The van der Waals surface area contributed by atoms with E-state index in [1.807, 2.05) is 68.4 Å². The van der Waals surface area contributed by atoms with E-state index in [0.717, 1.165) is 29.5 Å². The summed E-state index contributed by atoms with van der Waals surface area (Å²) < 4.78 is 28.8. The lowest BCUT2D eigenvalue weighted by atomic mass is 10.1. The van der Waals surface area contributed by atoms with E-state index in [0.29, 0.717) is 37.8 Å². The number of hydrogen-bond acceptors (Lipinski definition) is 4. The Balaban J connectivity index is 1.69. The molecule has 34 heavy (non-hydrogen) atoms. The number of carbonyl (C=O) groups excluding carboxylic acids is 1. The van der Waals surface area contributed by atoms with Crippen molar-refractivity contribution in [3.8, 4) is 0 Å². The summed E-state index contributed by atoms with van der Waals surface area (Å²) in [5, 5.41) is 2.92. The molecule has 1 aromatic heterocycles. The maximum atomic E-state index is 13.5. The minimum Gasteiger partial charge on any atom is -0.338 e. The molecule has 7 nitrogen and oxygen atoms in total. The van der Waals surface area contributed by atoms with E-state index in [4.69, 9.17) is 0 Å². The summed E-state index contributed by atoms with van der Waals surface area (Å²) in [6, 6.07) is 17.1. The molecule has 0 unspecified atom stereocenters. The summed E-state index contributed by atoms with van der Waals surface area (Å²) >= 11 is 0. The van der Waals surface area contributed by atoms with Gasteiger partial charge in [-0.15, -0.1) is 0 Å². The number of aryl methyl sites for hydroxylation is 1. The van der Waals surface area contributed by atoms with Gasteiger partial charge >= 0.3 is 6.03 Å². The predicted molar refractivity (Wildman–Crippen MR) is 132 cm³/mol. The van der Waals surface area contributed by atoms with E-state index in [1.54, 1.807) is 15.7 Å². The second-order valence-electron chi connectivity index (χ2n) is 8.95. The van der Waals surface area contributed by atoms with Gasteiger partial charge < -0.3 is 14.8 Å². The third-order valence-electron chi connectivity index (χ3n) is 6.11. The number of carbonyl (C=O) groups is 1. The minimum absolute atomic E-state index is 0.0388. The van der Waals surface area contributed by atoms with Gasteiger partial charge in [0.1, 0.15) is 0 Å². The van der Waals surface area contributed by atoms with Crippen molar-refractivity contribution in [2.24, 2.45) is 5.92 Å². The Bertz CT molecular complexity index is 1230. The van der Waals surface area contributed by atoms with Crippen LogP contribution < -0.4 is 5.32 Å². The van der Waals surface area contributed by atoms with Crippen LogP contribution in [0.5, 0.6) is 0 Å². The Hall–Kier alpha value is -3.13. The van der Waals surface area contributed by atoms with Crippen LogP contribution in [0.15, 0.2) is 66.0 Å². The molecule has 0 spiro atoms. The van der Waals surface area contributed by atoms with Crippen molar-refractivity contribution in [1.82, 2.24) is 19.8 Å². The van der Waals surface area contributed by atoms with Gasteiger partial charge in [0, 0.05) is 13.1 Å². The number of nitrogens with one attached hydrogen (secondary N) is 1. The Morgan fingerprint density at radius 1 is 1.12 bits per heavy atom. The molecule has 1 aliphatic rings. The molecule has 8 heteroatoms. The summed E-state index contributed by atoms with van der Waals surface area (Å²) in [5.74, 6) is 0.393. The molecule has 0 atom stereocenters. The third-order valence-corrected chi connectivity index (χ3v) is 7.69. The molecule has 2 aromatic carbocycles. The lowest BCUT2D eigenvalue weighted by Gasteiger charge is -2.24. The number of urea groups is 1. The highest BCUT2D eigenvalue weighted by molar-refractivity contribution is 7.90. The first kappa shape index (κ1) is 24.0. The molecule has 4 rings (SSSR count). The number of imidazole rings is 1. The van der Waals surface area contributed by atoms with Gasteiger partial charge in [0.05, 0.1) is 30.7 Å². The first-order chi connectivity index (χ1) is 16.4. The molecule has 0 aliphatic heterocycles. The molecule has 0 radical (unpaired) electrons. The maximum Gasteiger partial charge on any atom is 0.317 e. The zero-order valence-corrected chi connectivity index (χ0v) is 20.6. The number of hydrogen-bond donors (Lipinski definition) is 1. The number of sulfone groups is 1. The summed E-state index contributed by atoms with van der Waals surface area (Å²) in [6.45, 7) is 5.68. The second kappa shape index (κ2) is 10.4. The normalized spacial score (nSPS) is 13.6. The largest absolute Gasteiger partial charge is 0.338 e. The molecule has 1 heterocycles. The Kier molecular flexibility index (Phi) is 7.36. The molecular weight excluding hydrogens is 448 g/mol. The first-order valence-electron chi connectivity index (χ1n) is 11.8. The quantitative estimate of drug-likeness (QED) is 0.472. The Morgan fingerprint density at radius 2 is 1.82 bits per heavy atom.